The summed E-state index contributed by atoms with van der Waals surface area (Å²) in [6.07, 6.45) is 9.27. The second-order valence-corrected chi connectivity index (χ2v) is 7.55. The van der Waals surface area contributed by atoms with E-state index in [1.807, 2.05) is 0 Å². The minimum Gasteiger partial charge on any atom is -0.326 e. The number of nitrogens with zero attached hydrogens (tertiary/aromatic N) is 1. The molecule has 0 radical (unpaired) electrons. The molecule has 0 aromatic rings. The zero-order chi connectivity index (χ0) is 14.0. The molecule has 2 saturated carbocycles. The molecule has 0 heterocycles. The summed E-state index contributed by atoms with van der Waals surface area (Å²) in [5, 5.41) is 0. The average Bonchev–Trinajstić information content (AvgIpc) is 3.21. The van der Waals surface area contributed by atoms with Crippen molar-refractivity contribution in [1.29, 1.82) is 0 Å². The van der Waals surface area contributed by atoms with Crippen LogP contribution in [0.5, 0.6) is 0 Å². The van der Waals surface area contributed by atoms with E-state index in [0.717, 1.165) is 12.0 Å². The van der Waals surface area contributed by atoms with Crippen molar-refractivity contribution >= 4 is 0 Å². The third kappa shape index (κ3) is 3.52. The van der Waals surface area contributed by atoms with Gasteiger partial charge in [-0.15, -0.1) is 0 Å². The van der Waals surface area contributed by atoms with Gasteiger partial charge in [-0.2, -0.15) is 0 Å². The molecular formula is C17H34N2. The van der Waals surface area contributed by atoms with Crippen LogP contribution in [0, 0.1) is 11.3 Å². The molecule has 0 aliphatic heterocycles. The van der Waals surface area contributed by atoms with Gasteiger partial charge in [0.2, 0.25) is 0 Å². The molecule has 19 heavy (non-hydrogen) atoms. The van der Waals surface area contributed by atoms with E-state index in [1.165, 1.54) is 51.5 Å². The fourth-order valence-electron chi connectivity index (χ4n) is 3.83. The highest BCUT2D eigenvalue weighted by molar-refractivity contribution is 4.98. The van der Waals surface area contributed by atoms with Crippen molar-refractivity contribution in [3.8, 4) is 0 Å². The molecule has 2 heteroatoms. The molecule has 0 aromatic heterocycles. The van der Waals surface area contributed by atoms with Gasteiger partial charge < -0.3 is 5.73 Å². The Hall–Kier alpha value is -0.0800. The fraction of sp³-hybridized carbons (Fsp3) is 1.00. The first-order valence-electron chi connectivity index (χ1n) is 8.51. The molecule has 2 N–H and O–H groups in total. The Labute approximate surface area is 120 Å². The largest absolute Gasteiger partial charge is 0.326 e. The van der Waals surface area contributed by atoms with Crippen molar-refractivity contribution in [2.24, 2.45) is 17.1 Å². The van der Waals surface area contributed by atoms with Crippen LogP contribution in [0.25, 0.3) is 0 Å². The van der Waals surface area contributed by atoms with Crippen LogP contribution in [0.2, 0.25) is 0 Å². The normalized spacial score (nSPS) is 32.8. The summed E-state index contributed by atoms with van der Waals surface area (Å²) in [5.74, 6) is 0.861. The molecule has 2 nitrogen and oxygen atoms in total. The average molecular weight is 266 g/mol. The minimum atomic E-state index is 0.413. The third-order valence-corrected chi connectivity index (χ3v) is 5.81. The smallest absolute Gasteiger partial charge is 0.0252 e. The van der Waals surface area contributed by atoms with Crippen molar-refractivity contribution in [3.63, 3.8) is 0 Å². The van der Waals surface area contributed by atoms with E-state index >= 15 is 0 Å². The summed E-state index contributed by atoms with van der Waals surface area (Å²) >= 11 is 0. The van der Waals surface area contributed by atoms with Crippen molar-refractivity contribution in [1.82, 2.24) is 4.90 Å². The highest BCUT2D eigenvalue weighted by Gasteiger charge is 2.42. The molecule has 0 saturated heterocycles. The number of hydrogen-bond donors (Lipinski definition) is 1. The highest BCUT2D eigenvalue weighted by Crippen LogP contribution is 2.43. The molecule has 0 bridgehead atoms. The Kier molecular flexibility index (Phi) is 4.94. The van der Waals surface area contributed by atoms with E-state index in [-0.39, 0.29) is 0 Å². The van der Waals surface area contributed by atoms with Crippen LogP contribution in [0.15, 0.2) is 0 Å². The predicted octanol–water partition coefficient (Wildman–Crippen LogP) is 3.79. The summed E-state index contributed by atoms with van der Waals surface area (Å²) in [5.41, 5.74) is 6.97. The molecule has 112 valence electrons. The Bertz CT molecular complexity index is 283. The first-order valence-corrected chi connectivity index (χ1v) is 8.51. The lowest BCUT2D eigenvalue weighted by Gasteiger charge is -2.46. The number of hydrogen-bond acceptors (Lipinski definition) is 2. The molecular weight excluding hydrogens is 232 g/mol. The molecule has 0 spiro atoms. The lowest BCUT2D eigenvalue weighted by molar-refractivity contribution is 0.0555. The van der Waals surface area contributed by atoms with Gasteiger partial charge in [0.1, 0.15) is 0 Å². The van der Waals surface area contributed by atoms with Crippen LogP contribution in [0.4, 0.5) is 0 Å². The van der Waals surface area contributed by atoms with Crippen molar-refractivity contribution < 1.29 is 0 Å². The molecule has 2 rings (SSSR count). The van der Waals surface area contributed by atoms with E-state index < -0.39 is 0 Å². The van der Waals surface area contributed by atoms with Crippen molar-refractivity contribution in [2.75, 3.05) is 6.54 Å². The second-order valence-electron chi connectivity index (χ2n) is 7.55. The molecule has 3 unspecified atom stereocenters. The van der Waals surface area contributed by atoms with Crippen LogP contribution in [-0.2, 0) is 0 Å². The monoisotopic (exact) mass is 266 g/mol. The fourth-order valence-corrected chi connectivity index (χ4v) is 3.83. The number of rotatable bonds is 6. The molecule has 0 aromatic carbocycles. The lowest BCUT2D eigenvalue weighted by Crippen LogP contribution is -2.53. The van der Waals surface area contributed by atoms with Crippen molar-refractivity contribution in [3.05, 3.63) is 0 Å². The molecule has 3 atom stereocenters. The van der Waals surface area contributed by atoms with Gasteiger partial charge in [0, 0.05) is 18.1 Å². The summed E-state index contributed by atoms with van der Waals surface area (Å²) in [6, 6.07) is 1.92. The summed E-state index contributed by atoms with van der Waals surface area (Å²) < 4.78 is 0. The van der Waals surface area contributed by atoms with Gasteiger partial charge in [-0.3, -0.25) is 4.90 Å². The summed E-state index contributed by atoms with van der Waals surface area (Å²) in [6.45, 7) is 10.8. The molecule has 2 aliphatic carbocycles. The van der Waals surface area contributed by atoms with Gasteiger partial charge in [-0.25, -0.2) is 0 Å². The van der Waals surface area contributed by atoms with E-state index in [0.29, 0.717) is 17.5 Å². The standard InChI is InChI=1S/C17H34N2/c1-5-11-19(14-8-9-14)16-12-13(7-10-15(16)18)17(3,4)6-2/h13-16H,5-12,18H2,1-4H3. The maximum absolute atomic E-state index is 6.48. The van der Waals surface area contributed by atoms with E-state index in [2.05, 4.69) is 32.6 Å². The van der Waals surface area contributed by atoms with Gasteiger partial charge in [-0.1, -0.05) is 34.1 Å². The number of nitrogens with two attached hydrogens (primary N) is 1. The van der Waals surface area contributed by atoms with Crippen LogP contribution in [0.3, 0.4) is 0 Å². The van der Waals surface area contributed by atoms with E-state index in [9.17, 15) is 0 Å². The van der Waals surface area contributed by atoms with Gasteiger partial charge in [0.05, 0.1) is 0 Å². The van der Waals surface area contributed by atoms with Gasteiger partial charge in [0.25, 0.3) is 0 Å². The minimum absolute atomic E-state index is 0.413. The topological polar surface area (TPSA) is 29.3 Å². The summed E-state index contributed by atoms with van der Waals surface area (Å²) in [7, 11) is 0. The molecule has 2 fully saturated rings. The molecule has 0 amide bonds. The Morgan fingerprint density at radius 3 is 2.32 bits per heavy atom. The van der Waals surface area contributed by atoms with Gasteiger partial charge in [-0.05, 0) is 56.4 Å². The van der Waals surface area contributed by atoms with Gasteiger partial charge >= 0.3 is 0 Å². The third-order valence-electron chi connectivity index (χ3n) is 5.81. The maximum atomic E-state index is 6.48. The zero-order valence-corrected chi connectivity index (χ0v) is 13.5. The second kappa shape index (κ2) is 6.13. The van der Waals surface area contributed by atoms with Crippen molar-refractivity contribution in [2.45, 2.75) is 90.8 Å². The van der Waals surface area contributed by atoms with Crippen LogP contribution >= 0.6 is 0 Å². The summed E-state index contributed by atoms with van der Waals surface area (Å²) in [4.78, 5) is 2.77. The highest BCUT2D eigenvalue weighted by atomic mass is 15.2. The lowest BCUT2D eigenvalue weighted by atomic mass is 9.67. The predicted molar refractivity (Wildman–Crippen MR) is 83.2 cm³/mol. The Morgan fingerprint density at radius 1 is 1.11 bits per heavy atom. The molecule has 2 aliphatic rings. The Balaban J connectivity index is 2.04. The SMILES string of the molecule is CCCN(C1CC1)C1CC(C(C)(C)CC)CCC1N. The van der Waals surface area contributed by atoms with Crippen LogP contribution < -0.4 is 5.73 Å². The van der Waals surface area contributed by atoms with Crippen LogP contribution in [0.1, 0.15) is 72.6 Å². The van der Waals surface area contributed by atoms with E-state index in [1.54, 1.807) is 0 Å². The first kappa shape index (κ1) is 15.3. The zero-order valence-electron chi connectivity index (χ0n) is 13.5. The quantitative estimate of drug-likeness (QED) is 0.792. The first-order chi connectivity index (χ1) is 8.99. The van der Waals surface area contributed by atoms with Crippen LogP contribution in [-0.4, -0.2) is 29.6 Å². The Morgan fingerprint density at radius 2 is 1.79 bits per heavy atom. The van der Waals surface area contributed by atoms with Gasteiger partial charge in [0.15, 0.2) is 0 Å². The van der Waals surface area contributed by atoms with E-state index in [4.69, 9.17) is 5.73 Å². The maximum Gasteiger partial charge on any atom is 0.0252 e.